The summed E-state index contributed by atoms with van der Waals surface area (Å²) in [4.78, 5) is 27.3. The molecule has 1 atom stereocenters. The predicted molar refractivity (Wildman–Crippen MR) is 71.1 cm³/mol. The van der Waals surface area contributed by atoms with E-state index in [1.807, 2.05) is 4.90 Å². The van der Waals surface area contributed by atoms with Crippen molar-refractivity contribution in [3.63, 3.8) is 0 Å². The quantitative estimate of drug-likeness (QED) is 0.769. The summed E-state index contributed by atoms with van der Waals surface area (Å²) in [6.45, 7) is 5.98. The Kier molecular flexibility index (Phi) is 5.59. The maximum atomic E-state index is 12.0. The molecule has 1 N–H and O–H groups in total. The van der Waals surface area contributed by atoms with Gasteiger partial charge in [-0.05, 0) is 25.3 Å². The van der Waals surface area contributed by atoms with Crippen molar-refractivity contribution >= 4 is 11.8 Å². The first-order chi connectivity index (χ1) is 8.41. The number of hydrogen-bond acceptors (Lipinski definition) is 3. The second-order valence-corrected chi connectivity index (χ2v) is 5.56. The lowest BCUT2D eigenvalue weighted by Gasteiger charge is -2.25. The fourth-order valence-corrected chi connectivity index (χ4v) is 2.15. The van der Waals surface area contributed by atoms with Gasteiger partial charge in [-0.1, -0.05) is 13.8 Å². The molecule has 104 valence electrons. The summed E-state index contributed by atoms with van der Waals surface area (Å²) in [6.07, 6.45) is 1.84. The van der Waals surface area contributed by atoms with Gasteiger partial charge in [-0.2, -0.15) is 0 Å². The second kappa shape index (κ2) is 6.73. The van der Waals surface area contributed by atoms with E-state index in [0.717, 1.165) is 19.4 Å². The molecule has 5 heteroatoms. The van der Waals surface area contributed by atoms with Gasteiger partial charge in [-0.25, -0.2) is 0 Å². The van der Waals surface area contributed by atoms with Gasteiger partial charge in [-0.3, -0.25) is 14.5 Å². The first kappa shape index (κ1) is 15.0. The van der Waals surface area contributed by atoms with Crippen LogP contribution in [0.15, 0.2) is 0 Å². The average Bonchev–Trinajstić information content (AvgIpc) is 2.73. The summed E-state index contributed by atoms with van der Waals surface area (Å²) >= 11 is 0. The molecule has 1 aliphatic rings. The highest BCUT2D eigenvalue weighted by molar-refractivity contribution is 5.83. The Balaban J connectivity index is 2.45. The third-order valence-corrected chi connectivity index (χ3v) is 3.14. The van der Waals surface area contributed by atoms with E-state index in [-0.39, 0.29) is 17.9 Å². The van der Waals surface area contributed by atoms with E-state index in [1.165, 1.54) is 0 Å². The fourth-order valence-electron chi connectivity index (χ4n) is 2.15. The first-order valence-corrected chi connectivity index (χ1v) is 6.63. The van der Waals surface area contributed by atoms with Crippen LogP contribution in [0.1, 0.15) is 26.7 Å². The molecule has 0 radical (unpaired) electrons. The first-order valence-electron chi connectivity index (χ1n) is 6.63. The molecule has 18 heavy (non-hydrogen) atoms. The van der Waals surface area contributed by atoms with Crippen molar-refractivity contribution in [2.45, 2.75) is 32.7 Å². The molecule has 1 fully saturated rings. The number of carbonyl (C=O) groups is 2. The zero-order valence-corrected chi connectivity index (χ0v) is 11.9. The van der Waals surface area contributed by atoms with E-state index in [1.54, 1.807) is 19.0 Å². The minimum atomic E-state index is -0.121. The van der Waals surface area contributed by atoms with Crippen molar-refractivity contribution in [2.75, 3.05) is 33.7 Å². The van der Waals surface area contributed by atoms with Gasteiger partial charge >= 0.3 is 0 Å². The number of likely N-dealkylation sites (tertiary alicyclic amines) is 1. The maximum Gasteiger partial charge on any atom is 0.239 e. The lowest BCUT2D eigenvalue weighted by Crippen LogP contribution is -2.47. The van der Waals surface area contributed by atoms with Crippen LogP contribution in [0.3, 0.4) is 0 Å². The number of nitrogens with zero attached hydrogens (tertiary/aromatic N) is 2. The van der Waals surface area contributed by atoms with Crippen molar-refractivity contribution in [2.24, 2.45) is 5.92 Å². The molecule has 0 aromatic heterocycles. The molecule has 2 amide bonds. The Hall–Kier alpha value is -1.10. The van der Waals surface area contributed by atoms with Gasteiger partial charge in [-0.15, -0.1) is 0 Å². The minimum Gasteiger partial charge on any atom is -0.355 e. The van der Waals surface area contributed by atoms with Crippen molar-refractivity contribution < 1.29 is 9.59 Å². The summed E-state index contributed by atoms with van der Waals surface area (Å²) in [7, 11) is 3.52. The number of likely N-dealkylation sites (N-methyl/N-ethyl adjacent to an activating group) is 1. The second-order valence-electron chi connectivity index (χ2n) is 5.56. The largest absolute Gasteiger partial charge is 0.355 e. The van der Waals surface area contributed by atoms with E-state index in [2.05, 4.69) is 19.2 Å². The Morgan fingerprint density at radius 1 is 1.39 bits per heavy atom. The standard InChI is InChI=1S/C13H25N3O2/c1-10(2)8-14-12(17)9-16-7-5-6-11(16)13(18)15(3)4/h10-11H,5-9H2,1-4H3,(H,14,17). The van der Waals surface area contributed by atoms with E-state index in [0.29, 0.717) is 19.0 Å². The summed E-state index contributed by atoms with van der Waals surface area (Å²) in [6, 6.07) is -0.121. The highest BCUT2D eigenvalue weighted by Crippen LogP contribution is 2.18. The third kappa shape index (κ3) is 4.29. The molecule has 0 aliphatic carbocycles. The molecular weight excluding hydrogens is 230 g/mol. The van der Waals surface area contributed by atoms with Gasteiger partial charge in [0.1, 0.15) is 0 Å². The Bertz CT molecular complexity index is 303. The van der Waals surface area contributed by atoms with Gasteiger partial charge in [0.15, 0.2) is 0 Å². The Morgan fingerprint density at radius 2 is 2.06 bits per heavy atom. The van der Waals surface area contributed by atoms with Crippen LogP contribution in [-0.2, 0) is 9.59 Å². The third-order valence-electron chi connectivity index (χ3n) is 3.14. The number of carbonyl (C=O) groups excluding carboxylic acids is 2. The van der Waals surface area contributed by atoms with Gasteiger partial charge in [0.2, 0.25) is 11.8 Å². The summed E-state index contributed by atoms with van der Waals surface area (Å²) in [5.74, 6) is 0.568. The topological polar surface area (TPSA) is 52.7 Å². The summed E-state index contributed by atoms with van der Waals surface area (Å²) in [5.41, 5.74) is 0. The number of rotatable bonds is 5. The van der Waals surface area contributed by atoms with E-state index in [9.17, 15) is 9.59 Å². The van der Waals surface area contributed by atoms with E-state index < -0.39 is 0 Å². The van der Waals surface area contributed by atoms with E-state index >= 15 is 0 Å². The SMILES string of the molecule is CC(C)CNC(=O)CN1CCCC1C(=O)N(C)C. The van der Waals surface area contributed by atoms with Gasteiger partial charge in [0.25, 0.3) is 0 Å². The monoisotopic (exact) mass is 255 g/mol. The highest BCUT2D eigenvalue weighted by Gasteiger charge is 2.32. The van der Waals surface area contributed by atoms with Crippen LogP contribution in [0.2, 0.25) is 0 Å². The minimum absolute atomic E-state index is 0.0159. The smallest absolute Gasteiger partial charge is 0.239 e. The van der Waals surface area contributed by atoms with Crippen LogP contribution in [0.5, 0.6) is 0 Å². The fraction of sp³-hybridized carbons (Fsp3) is 0.846. The molecule has 0 aromatic carbocycles. The molecule has 1 unspecified atom stereocenters. The molecular formula is C13H25N3O2. The van der Waals surface area contributed by atoms with Crippen molar-refractivity contribution in [1.29, 1.82) is 0 Å². The summed E-state index contributed by atoms with van der Waals surface area (Å²) in [5, 5.41) is 2.89. The van der Waals surface area contributed by atoms with E-state index in [4.69, 9.17) is 0 Å². The van der Waals surface area contributed by atoms with Gasteiger partial charge in [0, 0.05) is 20.6 Å². The molecule has 0 saturated carbocycles. The Labute approximate surface area is 110 Å². The molecule has 1 rings (SSSR count). The number of hydrogen-bond donors (Lipinski definition) is 1. The highest BCUT2D eigenvalue weighted by atomic mass is 16.2. The van der Waals surface area contributed by atoms with Crippen molar-refractivity contribution in [3.05, 3.63) is 0 Å². The number of nitrogens with one attached hydrogen (secondary N) is 1. The van der Waals surface area contributed by atoms with Crippen LogP contribution in [0.4, 0.5) is 0 Å². The van der Waals surface area contributed by atoms with Gasteiger partial charge < -0.3 is 10.2 Å². The van der Waals surface area contributed by atoms with Gasteiger partial charge in [0.05, 0.1) is 12.6 Å². The predicted octanol–water partition coefficient (Wildman–Crippen LogP) is 0.311. The zero-order chi connectivity index (χ0) is 13.7. The number of amides is 2. The normalized spacial score (nSPS) is 20.2. The summed E-state index contributed by atoms with van der Waals surface area (Å²) < 4.78 is 0. The van der Waals surface area contributed by atoms with Crippen molar-refractivity contribution in [3.8, 4) is 0 Å². The molecule has 0 spiro atoms. The lowest BCUT2D eigenvalue weighted by molar-refractivity contribution is -0.134. The van der Waals surface area contributed by atoms with Crippen LogP contribution < -0.4 is 5.32 Å². The molecule has 5 nitrogen and oxygen atoms in total. The van der Waals surface area contributed by atoms with Crippen LogP contribution in [0, 0.1) is 5.92 Å². The average molecular weight is 255 g/mol. The van der Waals surface area contributed by atoms with Crippen LogP contribution in [-0.4, -0.2) is 61.4 Å². The molecule has 0 bridgehead atoms. The van der Waals surface area contributed by atoms with Crippen LogP contribution >= 0.6 is 0 Å². The van der Waals surface area contributed by atoms with Crippen molar-refractivity contribution in [1.82, 2.24) is 15.1 Å². The lowest BCUT2D eigenvalue weighted by atomic mass is 10.2. The zero-order valence-electron chi connectivity index (χ0n) is 11.9. The van der Waals surface area contributed by atoms with Crippen LogP contribution in [0.25, 0.3) is 0 Å². The Morgan fingerprint density at radius 3 is 2.61 bits per heavy atom. The molecule has 1 aliphatic heterocycles. The molecule has 1 heterocycles. The molecule has 0 aromatic rings. The molecule has 1 saturated heterocycles. The maximum absolute atomic E-state index is 12.0.